The minimum atomic E-state index is -0.612. The molecule has 11 nitrogen and oxygen atoms in total. The quantitative estimate of drug-likeness (QED) is 0.111. The first-order valence-corrected chi connectivity index (χ1v) is 11.8. The second-order valence-corrected chi connectivity index (χ2v) is 8.45. The first-order valence-electron chi connectivity index (χ1n) is 11.8. The first kappa shape index (κ1) is 25.0. The second kappa shape index (κ2) is 10.7. The molecule has 1 amide bonds. The fourth-order valence-corrected chi connectivity index (χ4v) is 4.07. The number of hydrogen-bond donors (Lipinski definition) is 4. The maximum absolute atomic E-state index is 13.0. The summed E-state index contributed by atoms with van der Waals surface area (Å²) in [7, 11) is 1.49. The number of pyridine rings is 2. The van der Waals surface area contributed by atoms with Crippen LogP contribution in [0.4, 0.5) is 39.8 Å². The maximum atomic E-state index is 13.0. The normalized spacial score (nSPS) is 10.6. The number of ether oxygens (including phenoxy) is 1. The number of nitro groups is 1. The van der Waals surface area contributed by atoms with E-state index in [9.17, 15) is 14.9 Å². The molecule has 11 heteroatoms. The summed E-state index contributed by atoms with van der Waals surface area (Å²) in [6, 6.07) is 20.2. The Morgan fingerprint density at radius 1 is 0.923 bits per heavy atom. The van der Waals surface area contributed by atoms with Crippen molar-refractivity contribution in [2.24, 2.45) is 0 Å². The molecule has 2 heterocycles. The van der Waals surface area contributed by atoms with Gasteiger partial charge in [-0.25, -0.2) is 0 Å². The zero-order chi connectivity index (χ0) is 27.4. The summed E-state index contributed by atoms with van der Waals surface area (Å²) >= 11 is 0. The van der Waals surface area contributed by atoms with E-state index in [0.29, 0.717) is 39.4 Å². The standard InChI is InChI=1S/C28H23N7O4/c1-39-25-16-31-23-4-2-3-22(29)26(23)27(25)33-20-9-10-21(24(15-20)35(37)38)28(36)34-18-7-5-17(6-8-18)32-19-11-13-30-14-12-19/h2-16H,29H2,1H3,(H,30,32)(H,31,33)(H,34,36). The number of aromatic nitrogens is 2. The fraction of sp³-hybridized carbons (Fsp3) is 0.0357. The third-order valence-electron chi connectivity index (χ3n) is 5.93. The Bertz CT molecular complexity index is 1680. The van der Waals surface area contributed by atoms with Gasteiger partial charge in [0, 0.05) is 46.9 Å². The Kier molecular flexibility index (Phi) is 6.86. The predicted octanol–water partition coefficient (Wildman–Crippen LogP) is 5.87. The van der Waals surface area contributed by atoms with Crippen LogP contribution in [0.15, 0.2) is 91.4 Å². The summed E-state index contributed by atoms with van der Waals surface area (Å²) in [5, 5.41) is 21.6. The lowest BCUT2D eigenvalue weighted by Crippen LogP contribution is -2.14. The van der Waals surface area contributed by atoms with Gasteiger partial charge in [-0.15, -0.1) is 0 Å². The van der Waals surface area contributed by atoms with Gasteiger partial charge in [0.05, 0.1) is 34.8 Å². The summed E-state index contributed by atoms with van der Waals surface area (Å²) in [4.78, 5) is 32.7. The van der Waals surface area contributed by atoms with Crippen molar-refractivity contribution < 1.29 is 14.5 Å². The van der Waals surface area contributed by atoms with E-state index in [4.69, 9.17) is 10.5 Å². The van der Waals surface area contributed by atoms with Crippen molar-refractivity contribution in [2.75, 3.05) is 28.8 Å². The zero-order valence-electron chi connectivity index (χ0n) is 20.7. The number of nitrogen functional groups attached to an aromatic ring is 1. The molecule has 0 unspecified atom stereocenters. The predicted molar refractivity (Wildman–Crippen MR) is 151 cm³/mol. The fourth-order valence-electron chi connectivity index (χ4n) is 4.07. The van der Waals surface area contributed by atoms with E-state index in [-0.39, 0.29) is 11.3 Å². The van der Waals surface area contributed by atoms with Crippen LogP contribution in [0.3, 0.4) is 0 Å². The average Bonchev–Trinajstić information content (AvgIpc) is 2.95. The van der Waals surface area contributed by atoms with Gasteiger partial charge in [-0.1, -0.05) is 6.07 Å². The number of nitrogens with zero attached hydrogens (tertiary/aromatic N) is 3. The number of rotatable bonds is 8. The van der Waals surface area contributed by atoms with E-state index in [1.807, 2.05) is 12.1 Å². The third-order valence-corrected chi connectivity index (χ3v) is 5.93. The van der Waals surface area contributed by atoms with Crippen molar-refractivity contribution in [3.05, 3.63) is 107 Å². The second-order valence-electron chi connectivity index (χ2n) is 8.45. The van der Waals surface area contributed by atoms with Crippen LogP contribution in [0, 0.1) is 10.1 Å². The van der Waals surface area contributed by atoms with Gasteiger partial charge >= 0.3 is 0 Å². The highest BCUT2D eigenvalue weighted by Crippen LogP contribution is 2.38. The number of carbonyl (C=O) groups excluding carboxylic acids is 1. The van der Waals surface area contributed by atoms with E-state index >= 15 is 0 Å². The largest absolute Gasteiger partial charge is 0.493 e. The molecule has 0 aliphatic rings. The average molecular weight is 522 g/mol. The van der Waals surface area contributed by atoms with Crippen molar-refractivity contribution in [3.63, 3.8) is 0 Å². The van der Waals surface area contributed by atoms with E-state index in [1.165, 1.54) is 25.4 Å². The topological polar surface area (TPSA) is 157 Å². The van der Waals surface area contributed by atoms with E-state index in [1.54, 1.807) is 60.9 Å². The lowest BCUT2D eigenvalue weighted by Gasteiger charge is -2.15. The lowest BCUT2D eigenvalue weighted by molar-refractivity contribution is -0.385. The molecule has 5 rings (SSSR count). The van der Waals surface area contributed by atoms with Crippen LogP contribution in [0.25, 0.3) is 10.9 Å². The molecule has 0 bridgehead atoms. The molecule has 0 saturated heterocycles. The molecule has 0 aliphatic heterocycles. The van der Waals surface area contributed by atoms with Crippen molar-refractivity contribution in [3.8, 4) is 5.75 Å². The van der Waals surface area contributed by atoms with E-state index in [2.05, 4.69) is 25.9 Å². The van der Waals surface area contributed by atoms with Crippen LogP contribution >= 0.6 is 0 Å². The molecule has 194 valence electrons. The first-order chi connectivity index (χ1) is 18.9. The Labute approximate surface area is 222 Å². The number of fused-ring (bicyclic) bond motifs is 1. The highest BCUT2D eigenvalue weighted by molar-refractivity contribution is 6.08. The summed E-state index contributed by atoms with van der Waals surface area (Å²) in [5.41, 5.74) is 9.88. The Hall–Kier alpha value is -5.71. The van der Waals surface area contributed by atoms with E-state index in [0.717, 1.165) is 11.4 Å². The Balaban J connectivity index is 1.38. The molecule has 0 radical (unpaired) electrons. The lowest BCUT2D eigenvalue weighted by atomic mass is 10.1. The number of hydrogen-bond acceptors (Lipinski definition) is 9. The molecule has 5 N–H and O–H groups in total. The number of amides is 1. The van der Waals surface area contributed by atoms with Gasteiger partial charge in [-0.3, -0.25) is 24.9 Å². The number of benzene rings is 3. The van der Waals surface area contributed by atoms with Gasteiger partial charge in [0.1, 0.15) is 5.56 Å². The molecule has 0 saturated carbocycles. The van der Waals surface area contributed by atoms with Crippen LogP contribution in [0.1, 0.15) is 10.4 Å². The monoisotopic (exact) mass is 521 g/mol. The zero-order valence-corrected chi connectivity index (χ0v) is 20.7. The molecule has 0 atom stereocenters. The van der Waals surface area contributed by atoms with Gasteiger partial charge in [-0.05, 0) is 60.7 Å². The SMILES string of the molecule is COc1cnc2cccc(N)c2c1Nc1ccc(C(=O)Nc2ccc(Nc3ccncc3)cc2)c([N+](=O)[O-])c1. The third kappa shape index (κ3) is 5.37. The number of methoxy groups -OCH3 is 1. The molecule has 5 aromatic rings. The van der Waals surface area contributed by atoms with Gasteiger partial charge in [0.25, 0.3) is 11.6 Å². The van der Waals surface area contributed by atoms with E-state index < -0.39 is 10.8 Å². The number of anilines is 6. The van der Waals surface area contributed by atoms with Gasteiger partial charge < -0.3 is 26.4 Å². The van der Waals surface area contributed by atoms with Gasteiger partial charge in [-0.2, -0.15) is 0 Å². The highest BCUT2D eigenvalue weighted by Gasteiger charge is 2.22. The Morgan fingerprint density at radius 2 is 1.62 bits per heavy atom. The molecular formula is C28H23N7O4. The maximum Gasteiger partial charge on any atom is 0.284 e. The summed E-state index contributed by atoms with van der Waals surface area (Å²) in [5.74, 6) is -0.203. The molecule has 0 spiro atoms. The summed E-state index contributed by atoms with van der Waals surface area (Å²) in [6.07, 6.45) is 4.89. The van der Waals surface area contributed by atoms with Crippen molar-refractivity contribution in [2.45, 2.75) is 0 Å². The van der Waals surface area contributed by atoms with Crippen LogP contribution in [0.5, 0.6) is 5.75 Å². The number of nitro benzene ring substituents is 1. The highest BCUT2D eigenvalue weighted by atomic mass is 16.6. The van der Waals surface area contributed by atoms with Crippen LogP contribution < -0.4 is 26.4 Å². The van der Waals surface area contributed by atoms with Gasteiger partial charge in [0.2, 0.25) is 0 Å². The summed E-state index contributed by atoms with van der Waals surface area (Å²) in [6.45, 7) is 0. The number of carbonyl (C=O) groups is 1. The smallest absolute Gasteiger partial charge is 0.284 e. The molecular weight excluding hydrogens is 498 g/mol. The molecule has 0 fully saturated rings. The molecule has 3 aromatic carbocycles. The van der Waals surface area contributed by atoms with Gasteiger partial charge in [0.15, 0.2) is 5.75 Å². The minimum Gasteiger partial charge on any atom is -0.493 e. The number of nitrogens with two attached hydrogens (primary N) is 1. The Morgan fingerprint density at radius 3 is 2.33 bits per heavy atom. The van der Waals surface area contributed by atoms with Crippen LogP contribution in [0.2, 0.25) is 0 Å². The van der Waals surface area contributed by atoms with Crippen LogP contribution in [-0.4, -0.2) is 27.9 Å². The molecule has 39 heavy (non-hydrogen) atoms. The van der Waals surface area contributed by atoms with Crippen molar-refractivity contribution in [1.29, 1.82) is 0 Å². The molecule has 2 aromatic heterocycles. The van der Waals surface area contributed by atoms with Crippen molar-refractivity contribution >= 4 is 56.6 Å². The number of nitrogens with one attached hydrogen (secondary N) is 3. The van der Waals surface area contributed by atoms with Crippen LogP contribution in [-0.2, 0) is 0 Å². The minimum absolute atomic E-state index is 0.0874. The molecule has 0 aliphatic carbocycles. The van der Waals surface area contributed by atoms with Crippen molar-refractivity contribution in [1.82, 2.24) is 9.97 Å². The summed E-state index contributed by atoms with van der Waals surface area (Å²) < 4.78 is 5.44.